The normalized spacial score (nSPS) is 17.4. The number of anilines is 1. The molecule has 0 bridgehead atoms. The number of nitrogens with one attached hydrogen (secondary N) is 1. The Morgan fingerprint density at radius 3 is 2.43 bits per heavy atom. The predicted octanol–water partition coefficient (Wildman–Crippen LogP) is 3.52. The van der Waals surface area contributed by atoms with Crippen molar-refractivity contribution in [1.82, 2.24) is 8.61 Å². The molecule has 1 amide bonds. The van der Waals surface area contributed by atoms with Crippen LogP contribution in [0.15, 0.2) is 42.5 Å². The Morgan fingerprint density at radius 1 is 1.07 bits per heavy atom. The Balaban J connectivity index is 1.66. The number of rotatable bonds is 5. The van der Waals surface area contributed by atoms with Crippen molar-refractivity contribution in [3.8, 4) is 0 Å². The van der Waals surface area contributed by atoms with E-state index in [9.17, 15) is 17.6 Å². The topological polar surface area (TPSA) is 69.7 Å². The Hall–Kier alpha value is -1.71. The van der Waals surface area contributed by atoms with Crippen LogP contribution in [0.3, 0.4) is 0 Å². The van der Waals surface area contributed by atoms with Crippen molar-refractivity contribution >= 4 is 45.0 Å². The van der Waals surface area contributed by atoms with Gasteiger partial charge in [0.1, 0.15) is 5.82 Å². The first-order valence-corrected chi connectivity index (χ1v) is 10.7. The summed E-state index contributed by atoms with van der Waals surface area (Å²) in [7, 11) is -3.79. The molecular weight excluding hydrogens is 428 g/mol. The molecule has 1 aliphatic heterocycles. The monoisotopic (exact) mass is 445 g/mol. The van der Waals surface area contributed by atoms with Gasteiger partial charge < -0.3 is 5.32 Å². The van der Waals surface area contributed by atoms with Gasteiger partial charge in [-0.25, -0.2) is 4.39 Å². The second-order valence-electron chi connectivity index (χ2n) is 6.33. The van der Waals surface area contributed by atoms with Gasteiger partial charge in [0.2, 0.25) is 5.91 Å². The maximum Gasteiger partial charge on any atom is 0.282 e. The number of benzene rings is 2. The Bertz CT molecular complexity index is 971. The van der Waals surface area contributed by atoms with Gasteiger partial charge in [-0.05, 0) is 42.3 Å². The van der Waals surface area contributed by atoms with Crippen LogP contribution >= 0.6 is 23.2 Å². The Morgan fingerprint density at radius 2 is 1.75 bits per heavy atom. The molecule has 10 heteroatoms. The number of halogens is 3. The Labute approximate surface area is 173 Å². The molecule has 1 saturated heterocycles. The molecule has 0 aliphatic carbocycles. The minimum Gasteiger partial charge on any atom is -0.325 e. The molecule has 0 atom stereocenters. The van der Waals surface area contributed by atoms with E-state index in [2.05, 4.69) is 5.32 Å². The number of hydrogen-bond donors (Lipinski definition) is 1. The summed E-state index contributed by atoms with van der Waals surface area (Å²) in [5.41, 5.74) is 1.10. The van der Waals surface area contributed by atoms with E-state index in [4.69, 9.17) is 23.2 Å². The van der Waals surface area contributed by atoms with Crippen LogP contribution in [0.1, 0.15) is 12.0 Å². The maximum absolute atomic E-state index is 13.2. The summed E-state index contributed by atoms with van der Waals surface area (Å²) in [5.74, 6) is -1.13. The van der Waals surface area contributed by atoms with E-state index in [0.29, 0.717) is 23.7 Å². The third-order valence-electron chi connectivity index (χ3n) is 4.26. The first-order valence-electron chi connectivity index (χ1n) is 8.50. The molecule has 2 aromatic carbocycles. The highest BCUT2D eigenvalue weighted by Crippen LogP contribution is 2.22. The molecule has 3 rings (SSSR count). The van der Waals surface area contributed by atoms with Crippen LogP contribution in [0, 0.1) is 5.82 Å². The smallest absolute Gasteiger partial charge is 0.282 e. The summed E-state index contributed by atoms with van der Waals surface area (Å²) < 4.78 is 41.4. The fraction of sp³-hybridized carbons (Fsp3) is 0.278. The zero-order valence-electron chi connectivity index (χ0n) is 14.7. The first-order chi connectivity index (χ1) is 13.3. The molecule has 0 radical (unpaired) electrons. The van der Waals surface area contributed by atoms with Gasteiger partial charge >= 0.3 is 0 Å². The number of amides is 1. The molecular formula is C18H18Cl2FN3O3S. The van der Waals surface area contributed by atoms with Crippen molar-refractivity contribution < 1.29 is 17.6 Å². The van der Waals surface area contributed by atoms with Crippen LogP contribution in [-0.2, 0) is 21.5 Å². The molecule has 1 fully saturated rings. The molecule has 1 heterocycles. The highest BCUT2D eigenvalue weighted by Gasteiger charge is 2.34. The van der Waals surface area contributed by atoms with Crippen molar-refractivity contribution in [2.24, 2.45) is 0 Å². The van der Waals surface area contributed by atoms with E-state index >= 15 is 0 Å². The standard InChI is InChI=1S/C18H18Cl2FN3O3S/c19-14-4-2-13(3-5-14)11-23-8-1-9-24(28(23,26)27)12-18(25)22-15-6-7-17(21)16(20)10-15/h2-7,10H,1,8-9,11-12H2,(H,22,25). The predicted molar refractivity (Wildman–Crippen MR) is 107 cm³/mol. The molecule has 0 saturated carbocycles. The second-order valence-corrected chi connectivity index (χ2v) is 9.10. The van der Waals surface area contributed by atoms with Crippen molar-refractivity contribution in [3.05, 3.63) is 63.9 Å². The maximum atomic E-state index is 13.2. The van der Waals surface area contributed by atoms with Crippen LogP contribution in [0.2, 0.25) is 10.0 Å². The minimum atomic E-state index is -3.79. The number of hydrogen-bond acceptors (Lipinski definition) is 3. The van der Waals surface area contributed by atoms with E-state index in [0.717, 1.165) is 15.9 Å². The third kappa shape index (κ3) is 5.01. The fourth-order valence-electron chi connectivity index (χ4n) is 2.87. The zero-order valence-corrected chi connectivity index (χ0v) is 17.1. The lowest BCUT2D eigenvalue weighted by Gasteiger charge is -2.34. The van der Waals surface area contributed by atoms with Crippen molar-refractivity contribution in [2.75, 3.05) is 25.0 Å². The molecule has 1 aliphatic rings. The van der Waals surface area contributed by atoms with Crippen molar-refractivity contribution in [1.29, 1.82) is 0 Å². The van der Waals surface area contributed by atoms with Gasteiger partial charge in [0.25, 0.3) is 10.2 Å². The van der Waals surface area contributed by atoms with E-state index in [1.807, 2.05) is 0 Å². The number of carbonyl (C=O) groups excluding carboxylic acids is 1. The Kier molecular flexibility index (Phi) is 6.57. The third-order valence-corrected chi connectivity index (χ3v) is 6.73. The summed E-state index contributed by atoms with van der Waals surface area (Å²) in [4.78, 5) is 12.3. The second kappa shape index (κ2) is 8.75. The fourth-order valence-corrected chi connectivity index (χ4v) is 4.81. The highest BCUT2D eigenvalue weighted by atomic mass is 35.5. The first kappa shape index (κ1) is 21.0. The highest BCUT2D eigenvalue weighted by molar-refractivity contribution is 7.86. The SMILES string of the molecule is O=C(CN1CCCN(Cc2ccc(Cl)cc2)S1(=O)=O)Nc1ccc(F)c(Cl)c1. The number of nitrogens with zero attached hydrogens (tertiary/aromatic N) is 2. The summed E-state index contributed by atoms with van der Waals surface area (Å²) in [6.07, 6.45) is 0.600. The van der Waals surface area contributed by atoms with Gasteiger partial charge in [0, 0.05) is 30.3 Å². The van der Waals surface area contributed by atoms with E-state index in [1.54, 1.807) is 24.3 Å². The van der Waals surface area contributed by atoms with E-state index in [-0.39, 0.29) is 24.7 Å². The lowest BCUT2D eigenvalue weighted by atomic mass is 10.2. The minimum absolute atomic E-state index is 0.127. The van der Waals surface area contributed by atoms with E-state index in [1.165, 1.54) is 16.4 Å². The molecule has 28 heavy (non-hydrogen) atoms. The lowest BCUT2D eigenvalue weighted by molar-refractivity contribution is -0.116. The van der Waals surface area contributed by atoms with Gasteiger partial charge in [-0.2, -0.15) is 17.0 Å². The van der Waals surface area contributed by atoms with Crippen LogP contribution in [0.4, 0.5) is 10.1 Å². The molecule has 0 spiro atoms. The molecule has 1 N–H and O–H groups in total. The average molecular weight is 446 g/mol. The van der Waals surface area contributed by atoms with Crippen LogP contribution in [0.25, 0.3) is 0 Å². The number of carbonyl (C=O) groups is 1. The van der Waals surface area contributed by atoms with Gasteiger partial charge in [0.05, 0.1) is 11.6 Å². The summed E-state index contributed by atoms with van der Waals surface area (Å²) in [5, 5.41) is 2.98. The zero-order chi connectivity index (χ0) is 20.3. The largest absolute Gasteiger partial charge is 0.325 e. The molecule has 2 aromatic rings. The summed E-state index contributed by atoms with van der Waals surface area (Å²) >= 11 is 11.6. The van der Waals surface area contributed by atoms with Gasteiger partial charge in [-0.3, -0.25) is 4.79 Å². The van der Waals surface area contributed by atoms with Gasteiger partial charge in [-0.1, -0.05) is 35.3 Å². The lowest BCUT2D eigenvalue weighted by Crippen LogP contribution is -2.51. The average Bonchev–Trinajstić information content (AvgIpc) is 2.63. The molecule has 150 valence electrons. The molecule has 0 unspecified atom stereocenters. The molecule has 0 aromatic heterocycles. The van der Waals surface area contributed by atoms with Crippen LogP contribution in [-0.4, -0.2) is 42.6 Å². The quantitative estimate of drug-likeness (QED) is 0.764. The van der Waals surface area contributed by atoms with Crippen molar-refractivity contribution in [2.45, 2.75) is 13.0 Å². The molecule has 6 nitrogen and oxygen atoms in total. The van der Waals surface area contributed by atoms with Gasteiger partial charge in [0.15, 0.2) is 0 Å². The summed E-state index contributed by atoms with van der Waals surface area (Å²) in [6.45, 7) is 0.479. The van der Waals surface area contributed by atoms with Crippen LogP contribution < -0.4 is 5.32 Å². The van der Waals surface area contributed by atoms with Gasteiger partial charge in [-0.15, -0.1) is 0 Å². The summed E-state index contributed by atoms with van der Waals surface area (Å²) in [6, 6.07) is 10.7. The van der Waals surface area contributed by atoms with Crippen molar-refractivity contribution in [3.63, 3.8) is 0 Å². The van der Waals surface area contributed by atoms with Crippen LogP contribution in [0.5, 0.6) is 0 Å². The van der Waals surface area contributed by atoms with E-state index < -0.39 is 21.9 Å².